The molecule has 5 rings (SSSR count). The Labute approximate surface area is 218 Å². The van der Waals surface area contributed by atoms with Crippen LogP contribution in [0.5, 0.6) is 0 Å². The Kier molecular flexibility index (Phi) is 7.17. The van der Waals surface area contributed by atoms with E-state index in [0.717, 1.165) is 43.4 Å². The number of nitrogens with zero attached hydrogens (tertiary/aromatic N) is 1. The Hall–Kier alpha value is -0.920. The molecule has 6 nitrogen and oxygen atoms in total. The fourth-order valence-corrected chi connectivity index (χ4v) is 10.5. The molecule has 1 aliphatic heterocycles. The molecule has 3 saturated carbocycles. The summed E-state index contributed by atoms with van der Waals surface area (Å²) in [5, 5.41) is 10.3. The number of amides is 1. The normalized spacial score (nSPS) is 43.4. The van der Waals surface area contributed by atoms with Gasteiger partial charge in [0.05, 0.1) is 12.4 Å². The zero-order valence-electron chi connectivity index (χ0n) is 22.8. The highest BCUT2D eigenvalue weighted by Gasteiger charge is 2.59. The summed E-state index contributed by atoms with van der Waals surface area (Å²) in [7, 11) is -3.24. The molecule has 1 amide bonds. The van der Waals surface area contributed by atoms with Crippen LogP contribution in [0.4, 0.5) is 0 Å². The van der Waals surface area contributed by atoms with Crippen LogP contribution >= 0.6 is 0 Å². The first-order valence-electron chi connectivity index (χ1n) is 14.5. The number of aliphatic hydroxyl groups is 1. The molecule has 36 heavy (non-hydrogen) atoms. The summed E-state index contributed by atoms with van der Waals surface area (Å²) in [6, 6.07) is -0.148. The second-order valence-electron chi connectivity index (χ2n) is 13.6. The van der Waals surface area contributed by atoms with Crippen LogP contribution in [0, 0.1) is 40.4 Å². The van der Waals surface area contributed by atoms with Gasteiger partial charge < -0.3 is 10.0 Å². The molecule has 0 aromatic carbocycles. The van der Waals surface area contributed by atoms with Crippen molar-refractivity contribution in [2.24, 2.45) is 40.4 Å². The van der Waals surface area contributed by atoms with E-state index < -0.39 is 10.0 Å². The SMILES string of the molecule is CC(CCC(=O)N1CC[C@H](NS(C)(=O)=O)C1)[C@H]1CC[C@H]2[C@@H]3CC=C4C[C@@H](O)CC[C@]4(C)[C@H]3CC[C@]12C. The second-order valence-corrected chi connectivity index (χ2v) is 15.4. The number of sulfonamides is 1. The maximum atomic E-state index is 12.9. The van der Waals surface area contributed by atoms with Crippen LogP contribution in [0.2, 0.25) is 0 Å². The zero-order valence-corrected chi connectivity index (χ0v) is 23.7. The summed E-state index contributed by atoms with van der Waals surface area (Å²) >= 11 is 0. The fraction of sp³-hybridized carbons (Fsp3) is 0.897. The van der Waals surface area contributed by atoms with E-state index in [2.05, 4.69) is 31.6 Å². The first-order chi connectivity index (χ1) is 16.9. The van der Waals surface area contributed by atoms with Gasteiger partial charge in [-0.2, -0.15) is 0 Å². The standard InChI is InChI=1S/C29H48N2O4S/c1-19(5-10-27(33)31-16-13-21(18-31)30-36(4,34)35)24-8-9-25-23-7-6-20-17-22(32)11-14-28(20,2)26(23)12-15-29(24,25)3/h6,19,21-26,30,32H,5,7-18H2,1-4H3/t19?,21-,22-,23-,24+,25-,26-,28-,29+/m0/s1. The number of nitrogens with one attached hydrogen (secondary N) is 1. The van der Waals surface area contributed by atoms with Crippen LogP contribution in [-0.2, 0) is 14.8 Å². The minimum atomic E-state index is -3.24. The van der Waals surface area contributed by atoms with Crippen LogP contribution in [0.3, 0.4) is 0 Å². The number of rotatable bonds is 6. The van der Waals surface area contributed by atoms with E-state index in [1.807, 2.05) is 4.90 Å². The lowest BCUT2D eigenvalue weighted by Crippen LogP contribution is -2.50. The molecule has 0 radical (unpaired) electrons. The molecule has 0 aromatic rings. The second kappa shape index (κ2) is 9.68. The fourth-order valence-electron chi connectivity index (χ4n) is 9.71. The van der Waals surface area contributed by atoms with E-state index in [9.17, 15) is 18.3 Å². The highest BCUT2D eigenvalue weighted by molar-refractivity contribution is 7.88. The molecule has 7 heteroatoms. The molecule has 1 unspecified atom stereocenters. The highest BCUT2D eigenvalue weighted by atomic mass is 32.2. The average molecular weight is 521 g/mol. The van der Waals surface area contributed by atoms with Crippen molar-refractivity contribution in [1.29, 1.82) is 0 Å². The third-order valence-electron chi connectivity index (χ3n) is 11.6. The summed E-state index contributed by atoms with van der Waals surface area (Å²) < 4.78 is 25.7. The maximum Gasteiger partial charge on any atom is 0.222 e. The summed E-state index contributed by atoms with van der Waals surface area (Å²) in [5.41, 5.74) is 2.21. The zero-order chi connectivity index (χ0) is 25.9. The Bertz CT molecular complexity index is 995. The molecule has 0 aromatic heterocycles. The van der Waals surface area contributed by atoms with Gasteiger partial charge in [-0.15, -0.1) is 0 Å². The minimum Gasteiger partial charge on any atom is -0.393 e. The lowest BCUT2D eigenvalue weighted by atomic mass is 9.47. The third kappa shape index (κ3) is 4.82. The van der Waals surface area contributed by atoms with Gasteiger partial charge in [-0.25, -0.2) is 13.1 Å². The topological polar surface area (TPSA) is 86.7 Å². The molecule has 1 saturated heterocycles. The van der Waals surface area contributed by atoms with E-state index in [1.165, 1.54) is 38.4 Å². The van der Waals surface area contributed by atoms with E-state index in [-0.39, 0.29) is 18.1 Å². The Morgan fingerprint density at radius 3 is 2.69 bits per heavy atom. The number of likely N-dealkylation sites (tertiary alicyclic amines) is 1. The number of carbonyl (C=O) groups excluding carboxylic acids is 1. The van der Waals surface area contributed by atoms with Crippen LogP contribution in [-0.4, -0.2) is 55.8 Å². The summed E-state index contributed by atoms with van der Waals surface area (Å²) in [6.45, 7) is 8.59. The lowest BCUT2D eigenvalue weighted by Gasteiger charge is -2.58. The molecule has 2 N–H and O–H groups in total. The molecule has 4 fully saturated rings. The monoisotopic (exact) mass is 520 g/mol. The van der Waals surface area contributed by atoms with Crippen LogP contribution in [0.1, 0.15) is 91.4 Å². The number of carbonyl (C=O) groups is 1. The van der Waals surface area contributed by atoms with E-state index in [4.69, 9.17) is 0 Å². The molecule has 1 heterocycles. The molecule has 5 aliphatic rings. The Morgan fingerprint density at radius 1 is 1.17 bits per heavy atom. The van der Waals surface area contributed by atoms with Gasteiger partial charge in [0.15, 0.2) is 0 Å². The molecule has 9 atom stereocenters. The molecule has 4 aliphatic carbocycles. The van der Waals surface area contributed by atoms with Gasteiger partial charge in [-0.3, -0.25) is 4.79 Å². The number of hydrogen-bond acceptors (Lipinski definition) is 4. The van der Waals surface area contributed by atoms with Crippen LogP contribution in [0.25, 0.3) is 0 Å². The number of fused-ring (bicyclic) bond motifs is 5. The first kappa shape index (κ1) is 26.7. The van der Waals surface area contributed by atoms with Crippen molar-refractivity contribution in [3.63, 3.8) is 0 Å². The van der Waals surface area contributed by atoms with E-state index in [1.54, 1.807) is 5.57 Å². The molecule has 0 bridgehead atoms. The van der Waals surface area contributed by atoms with Crippen molar-refractivity contribution >= 4 is 15.9 Å². The summed E-state index contributed by atoms with van der Waals surface area (Å²) in [4.78, 5) is 14.8. The quantitative estimate of drug-likeness (QED) is 0.505. The van der Waals surface area contributed by atoms with Crippen molar-refractivity contribution in [2.75, 3.05) is 19.3 Å². The maximum absolute atomic E-state index is 12.9. The van der Waals surface area contributed by atoms with Gasteiger partial charge in [0.25, 0.3) is 0 Å². The number of hydrogen-bond donors (Lipinski definition) is 2. The summed E-state index contributed by atoms with van der Waals surface area (Å²) in [5.74, 6) is 3.71. The lowest BCUT2D eigenvalue weighted by molar-refractivity contribution is -0.130. The van der Waals surface area contributed by atoms with E-state index in [0.29, 0.717) is 48.6 Å². The van der Waals surface area contributed by atoms with Crippen LogP contribution in [0.15, 0.2) is 11.6 Å². The largest absolute Gasteiger partial charge is 0.393 e. The Balaban J connectivity index is 1.19. The van der Waals surface area contributed by atoms with Gasteiger partial charge in [-0.05, 0) is 105 Å². The predicted molar refractivity (Wildman–Crippen MR) is 143 cm³/mol. The number of allylic oxidation sites excluding steroid dienone is 1. The van der Waals surface area contributed by atoms with Crippen molar-refractivity contribution in [2.45, 2.75) is 104 Å². The summed E-state index contributed by atoms with van der Waals surface area (Å²) in [6.07, 6.45) is 15.2. The van der Waals surface area contributed by atoms with Gasteiger partial charge in [0.2, 0.25) is 15.9 Å². The van der Waals surface area contributed by atoms with Crippen molar-refractivity contribution in [3.05, 3.63) is 11.6 Å². The van der Waals surface area contributed by atoms with Gasteiger partial charge in [-0.1, -0.05) is 32.4 Å². The molecule has 0 spiro atoms. The third-order valence-corrected chi connectivity index (χ3v) is 12.3. The number of aliphatic hydroxyl groups excluding tert-OH is 1. The van der Waals surface area contributed by atoms with Crippen LogP contribution < -0.4 is 4.72 Å². The van der Waals surface area contributed by atoms with Gasteiger partial charge in [0, 0.05) is 25.6 Å². The predicted octanol–water partition coefficient (Wildman–Crippen LogP) is 4.49. The first-order valence-corrected chi connectivity index (χ1v) is 16.4. The molecular formula is C29H48N2O4S. The molecule has 204 valence electrons. The van der Waals surface area contributed by atoms with Crippen molar-refractivity contribution in [1.82, 2.24) is 9.62 Å². The molecular weight excluding hydrogens is 472 g/mol. The van der Waals surface area contributed by atoms with E-state index >= 15 is 0 Å². The highest BCUT2D eigenvalue weighted by Crippen LogP contribution is 2.67. The van der Waals surface area contributed by atoms with Crippen molar-refractivity contribution < 1.29 is 18.3 Å². The van der Waals surface area contributed by atoms with Crippen molar-refractivity contribution in [3.8, 4) is 0 Å². The minimum absolute atomic E-state index is 0.142. The Morgan fingerprint density at radius 2 is 1.94 bits per heavy atom. The van der Waals surface area contributed by atoms with Gasteiger partial charge >= 0.3 is 0 Å². The average Bonchev–Trinajstić information content (AvgIpc) is 3.40. The van der Waals surface area contributed by atoms with Gasteiger partial charge in [0.1, 0.15) is 0 Å². The smallest absolute Gasteiger partial charge is 0.222 e.